The van der Waals surface area contributed by atoms with Gasteiger partial charge in [0.2, 0.25) is 0 Å². The number of carbonyl (C=O) groups excluding carboxylic acids is 1. The zero-order valence-electron chi connectivity index (χ0n) is 22.0. The van der Waals surface area contributed by atoms with Crippen LogP contribution < -0.4 is 16.0 Å². The van der Waals surface area contributed by atoms with Crippen molar-refractivity contribution >= 4 is 27.9 Å². The number of unbranched alkanes of at least 4 members (excludes halogenated alkanes) is 1. The molecule has 2 aromatic heterocycles. The molecule has 0 radical (unpaired) electrons. The van der Waals surface area contributed by atoms with Gasteiger partial charge in [-0.2, -0.15) is 0 Å². The number of hydrogen-bond donors (Lipinski definition) is 0. The van der Waals surface area contributed by atoms with E-state index in [9.17, 15) is 14.4 Å². The zero-order chi connectivity index (χ0) is 27.2. The van der Waals surface area contributed by atoms with Crippen LogP contribution in [0.5, 0.6) is 5.75 Å². The molecular formula is C29H30N4O5. The van der Waals surface area contributed by atoms with Crippen molar-refractivity contribution < 1.29 is 14.3 Å². The van der Waals surface area contributed by atoms with Crippen LogP contribution in [0.25, 0.3) is 21.9 Å². The van der Waals surface area contributed by atoms with E-state index >= 15 is 0 Å². The van der Waals surface area contributed by atoms with Crippen molar-refractivity contribution in [1.29, 1.82) is 0 Å². The molecule has 0 aliphatic carbocycles. The Hall–Kier alpha value is -4.45. The Morgan fingerprint density at radius 2 is 1.84 bits per heavy atom. The fourth-order valence-electron chi connectivity index (χ4n) is 4.03. The number of rotatable bonds is 8. The summed E-state index contributed by atoms with van der Waals surface area (Å²) in [6.45, 7) is 6.01. The van der Waals surface area contributed by atoms with Gasteiger partial charge in [-0.15, -0.1) is 0 Å². The van der Waals surface area contributed by atoms with Gasteiger partial charge in [0.1, 0.15) is 23.7 Å². The largest absolute Gasteiger partial charge is 0.487 e. The summed E-state index contributed by atoms with van der Waals surface area (Å²) in [7, 11) is 1.43. The normalized spacial score (nSPS) is 11.0. The highest BCUT2D eigenvalue weighted by atomic mass is 16.5. The Kier molecular flexibility index (Phi) is 8.22. The van der Waals surface area contributed by atoms with E-state index in [1.807, 2.05) is 56.3 Å². The van der Waals surface area contributed by atoms with Crippen LogP contribution in [-0.4, -0.2) is 31.7 Å². The van der Waals surface area contributed by atoms with Crippen molar-refractivity contribution in [2.45, 2.75) is 46.8 Å². The monoisotopic (exact) mass is 514 g/mol. The van der Waals surface area contributed by atoms with Gasteiger partial charge in [-0.25, -0.2) is 14.8 Å². The Morgan fingerprint density at radius 3 is 2.61 bits per heavy atom. The van der Waals surface area contributed by atoms with Crippen molar-refractivity contribution in [1.82, 2.24) is 19.1 Å². The summed E-state index contributed by atoms with van der Waals surface area (Å²) in [4.78, 5) is 46.2. The number of fused-ring (bicyclic) bond motifs is 2. The summed E-state index contributed by atoms with van der Waals surface area (Å²) in [5, 5.41) is 1.99. The predicted molar refractivity (Wildman–Crippen MR) is 145 cm³/mol. The average Bonchev–Trinajstić information content (AvgIpc) is 2.90. The van der Waals surface area contributed by atoms with E-state index in [0.717, 1.165) is 15.3 Å². The first-order valence-electron chi connectivity index (χ1n) is 12.5. The van der Waals surface area contributed by atoms with Crippen LogP contribution in [0, 0.1) is 17.8 Å². The summed E-state index contributed by atoms with van der Waals surface area (Å²) in [6, 6.07) is 13.7. The third-order valence-corrected chi connectivity index (χ3v) is 5.85. The Morgan fingerprint density at radius 1 is 1.08 bits per heavy atom. The van der Waals surface area contributed by atoms with E-state index < -0.39 is 11.2 Å². The molecule has 0 amide bonds. The van der Waals surface area contributed by atoms with Crippen LogP contribution in [0.4, 0.5) is 0 Å². The van der Waals surface area contributed by atoms with Crippen molar-refractivity contribution in [3.05, 3.63) is 74.7 Å². The highest BCUT2D eigenvalue weighted by Gasteiger charge is 2.18. The van der Waals surface area contributed by atoms with Crippen LogP contribution in [0.3, 0.4) is 0 Å². The predicted octanol–water partition coefficient (Wildman–Crippen LogP) is 3.57. The Bertz CT molecular complexity index is 1670. The second-order valence-electron chi connectivity index (χ2n) is 9.35. The van der Waals surface area contributed by atoms with Gasteiger partial charge in [-0.3, -0.25) is 18.7 Å². The second kappa shape index (κ2) is 11.7. The maximum atomic E-state index is 13.0. The summed E-state index contributed by atoms with van der Waals surface area (Å²) < 4.78 is 13.6. The van der Waals surface area contributed by atoms with Crippen molar-refractivity contribution in [2.24, 2.45) is 13.0 Å². The first-order chi connectivity index (χ1) is 18.3. The van der Waals surface area contributed by atoms with Crippen molar-refractivity contribution in [3.63, 3.8) is 0 Å². The van der Waals surface area contributed by atoms with E-state index in [1.54, 1.807) is 0 Å². The van der Waals surface area contributed by atoms with Crippen LogP contribution in [0.15, 0.2) is 52.1 Å². The molecule has 0 atom stereocenters. The number of hydrogen-bond acceptors (Lipinski definition) is 7. The molecule has 2 heterocycles. The van der Waals surface area contributed by atoms with Gasteiger partial charge in [0, 0.05) is 32.3 Å². The van der Waals surface area contributed by atoms with Gasteiger partial charge in [0.15, 0.2) is 11.2 Å². The molecule has 0 fully saturated rings. The molecule has 0 spiro atoms. The molecule has 4 aromatic rings. The molecular weight excluding hydrogens is 484 g/mol. The highest BCUT2D eigenvalue weighted by Crippen LogP contribution is 2.26. The standard InChI is InChI=1S/C29H30N4O5/c1-19(2)17-33-27-26(28(35)32(4)29(33)36)30-23(14-6-5-9-16-37-20(3)34)24(31-27)18-38-25-15-10-12-21-11-7-8-13-22(21)25/h7-8,10-13,15,19H,5,9,16-18H2,1-4H3. The number of carbonyl (C=O) groups is 1. The lowest BCUT2D eigenvalue weighted by Gasteiger charge is -2.15. The number of ether oxygens (including phenoxy) is 2. The minimum absolute atomic E-state index is 0.0412. The number of nitrogens with zero attached hydrogens (tertiary/aromatic N) is 4. The maximum Gasteiger partial charge on any atom is 0.332 e. The molecule has 0 saturated heterocycles. The minimum Gasteiger partial charge on any atom is -0.487 e. The van der Waals surface area contributed by atoms with Crippen molar-refractivity contribution in [2.75, 3.05) is 6.61 Å². The van der Waals surface area contributed by atoms with Crippen LogP contribution >= 0.6 is 0 Å². The SMILES string of the molecule is CC(=O)OCCCC#Cc1nc2c(=O)n(C)c(=O)n(CC(C)C)c2nc1COc1cccc2ccccc12. The van der Waals surface area contributed by atoms with Crippen LogP contribution in [-0.2, 0) is 29.7 Å². The molecule has 0 bridgehead atoms. The lowest BCUT2D eigenvalue weighted by molar-refractivity contribution is -0.141. The average molecular weight is 515 g/mol. The highest BCUT2D eigenvalue weighted by molar-refractivity contribution is 5.88. The first kappa shape index (κ1) is 26.6. The third-order valence-electron chi connectivity index (χ3n) is 5.85. The molecule has 0 unspecified atom stereocenters. The molecule has 2 aromatic carbocycles. The van der Waals surface area contributed by atoms with Crippen LogP contribution in [0.1, 0.15) is 45.0 Å². The second-order valence-corrected chi connectivity index (χ2v) is 9.35. The molecule has 0 aliphatic heterocycles. The van der Waals surface area contributed by atoms with Crippen LogP contribution in [0.2, 0.25) is 0 Å². The Balaban J connectivity index is 1.77. The van der Waals surface area contributed by atoms with Crippen molar-refractivity contribution in [3.8, 4) is 17.6 Å². The van der Waals surface area contributed by atoms with E-state index in [2.05, 4.69) is 16.8 Å². The van der Waals surface area contributed by atoms with Gasteiger partial charge in [0.25, 0.3) is 5.56 Å². The third kappa shape index (κ3) is 5.92. The zero-order valence-corrected chi connectivity index (χ0v) is 22.0. The topological polar surface area (TPSA) is 105 Å². The number of esters is 1. The lowest BCUT2D eigenvalue weighted by Crippen LogP contribution is -2.40. The van der Waals surface area contributed by atoms with Gasteiger partial charge >= 0.3 is 11.7 Å². The fraction of sp³-hybridized carbons (Fsp3) is 0.345. The summed E-state index contributed by atoms with van der Waals surface area (Å²) in [5.74, 6) is 6.51. The van der Waals surface area contributed by atoms with E-state index in [0.29, 0.717) is 36.5 Å². The molecule has 9 nitrogen and oxygen atoms in total. The van der Waals surface area contributed by atoms with Gasteiger partial charge < -0.3 is 9.47 Å². The first-order valence-corrected chi connectivity index (χ1v) is 12.5. The smallest absolute Gasteiger partial charge is 0.332 e. The summed E-state index contributed by atoms with van der Waals surface area (Å²) >= 11 is 0. The lowest BCUT2D eigenvalue weighted by atomic mass is 10.1. The number of aromatic nitrogens is 4. The fourth-order valence-corrected chi connectivity index (χ4v) is 4.03. The van der Waals surface area contributed by atoms with Gasteiger partial charge in [0.05, 0.1) is 6.61 Å². The van der Waals surface area contributed by atoms with Gasteiger partial charge in [-0.1, -0.05) is 56.2 Å². The quantitative estimate of drug-likeness (QED) is 0.201. The Labute approximate surface area is 220 Å². The molecule has 4 rings (SSSR count). The molecule has 0 aliphatic rings. The maximum absolute atomic E-state index is 13.0. The van der Waals surface area contributed by atoms with E-state index in [1.165, 1.54) is 18.5 Å². The molecule has 0 saturated carbocycles. The summed E-state index contributed by atoms with van der Waals surface area (Å²) in [6.07, 6.45) is 1.02. The van der Waals surface area contributed by atoms with Gasteiger partial charge in [-0.05, 0) is 29.7 Å². The van der Waals surface area contributed by atoms with E-state index in [4.69, 9.17) is 14.5 Å². The number of benzene rings is 2. The molecule has 9 heteroatoms. The molecule has 0 N–H and O–H groups in total. The summed E-state index contributed by atoms with van der Waals surface area (Å²) in [5.41, 5.74) is 0.0300. The minimum atomic E-state index is -0.531. The molecule has 38 heavy (non-hydrogen) atoms. The van der Waals surface area contributed by atoms with E-state index in [-0.39, 0.29) is 36.3 Å². The molecule has 196 valence electrons.